The molecule has 2 aromatic carbocycles. The van der Waals surface area contributed by atoms with Crippen molar-refractivity contribution < 1.29 is 18.8 Å². The third-order valence-corrected chi connectivity index (χ3v) is 7.89. The average Bonchev–Trinajstić information content (AvgIpc) is 3.41. The minimum Gasteiger partial charge on any atom is -0.366 e. The molecule has 1 unspecified atom stereocenters. The number of fused-ring (bicyclic) bond motifs is 1. The number of likely N-dealkylation sites (tertiary alicyclic amines) is 1. The number of carbonyl (C=O) groups is 3. The van der Waals surface area contributed by atoms with Crippen LogP contribution in [0.25, 0.3) is 0 Å². The molecule has 0 aliphatic carbocycles. The van der Waals surface area contributed by atoms with Crippen LogP contribution in [0.3, 0.4) is 0 Å². The number of thioether (sulfide) groups is 1. The zero-order valence-corrected chi connectivity index (χ0v) is 19.7. The number of hydrogen-bond acceptors (Lipinski definition) is 5. The second-order valence-electron chi connectivity index (χ2n) is 8.74. The summed E-state index contributed by atoms with van der Waals surface area (Å²) >= 11 is 1.28. The second-order valence-corrected chi connectivity index (χ2v) is 9.89. The molecule has 178 valence electrons. The molecular weight excluding hydrogens is 455 g/mol. The standard InChI is InChI=1S/C25H27FN4O3S/c26-18-7-1-2-8-19(18)27-13-15-28(16-14-27)22(31)17-30-20-9-3-4-10-21(20)34-23(25(30)33)24(32)29-11-5-6-12-29/h1-4,7-10,23H,5-6,11-17H2. The highest BCUT2D eigenvalue weighted by molar-refractivity contribution is 8.01. The molecule has 3 aliphatic rings. The Kier molecular flexibility index (Phi) is 6.45. The highest BCUT2D eigenvalue weighted by Crippen LogP contribution is 2.40. The van der Waals surface area contributed by atoms with Gasteiger partial charge in [0.15, 0.2) is 5.25 Å². The van der Waals surface area contributed by atoms with Crippen LogP contribution in [0, 0.1) is 5.82 Å². The molecule has 0 spiro atoms. The molecule has 3 amide bonds. The molecule has 1 atom stereocenters. The quantitative estimate of drug-likeness (QED) is 0.627. The Labute approximate surface area is 202 Å². The maximum atomic E-state index is 14.1. The molecule has 0 N–H and O–H groups in total. The summed E-state index contributed by atoms with van der Waals surface area (Å²) in [6, 6.07) is 14.1. The number of rotatable bonds is 4. The number of carbonyl (C=O) groups excluding carboxylic acids is 3. The van der Waals surface area contributed by atoms with E-state index in [1.54, 1.807) is 28.0 Å². The van der Waals surface area contributed by atoms with E-state index in [4.69, 9.17) is 0 Å². The number of hydrogen-bond donors (Lipinski definition) is 0. The summed E-state index contributed by atoms with van der Waals surface area (Å²) in [5.41, 5.74) is 1.20. The van der Waals surface area contributed by atoms with Gasteiger partial charge in [-0.05, 0) is 37.1 Å². The predicted molar refractivity (Wildman–Crippen MR) is 129 cm³/mol. The summed E-state index contributed by atoms with van der Waals surface area (Å²) in [7, 11) is 0. The minimum absolute atomic E-state index is 0.111. The molecule has 0 saturated carbocycles. The Bertz CT molecular complexity index is 1100. The molecule has 2 saturated heterocycles. The van der Waals surface area contributed by atoms with E-state index in [2.05, 4.69) is 0 Å². The first-order chi connectivity index (χ1) is 16.5. The molecule has 3 heterocycles. The molecule has 5 rings (SSSR count). The summed E-state index contributed by atoms with van der Waals surface area (Å²) in [5.74, 6) is -0.948. The molecule has 3 aliphatic heterocycles. The van der Waals surface area contributed by atoms with Gasteiger partial charge in [0.05, 0.1) is 11.4 Å². The van der Waals surface area contributed by atoms with Crippen LogP contribution in [0.1, 0.15) is 12.8 Å². The van der Waals surface area contributed by atoms with Gasteiger partial charge < -0.3 is 19.6 Å². The Balaban J connectivity index is 1.29. The first-order valence-corrected chi connectivity index (χ1v) is 12.5. The lowest BCUT2D eigenvalue weighted by Crippen LogP contribution is -2.55. The lowest BCUT2D eigenvalue weighted by molar-refractivity contribution is -0.135. The fourth-order valence-electron chi connectivity index (χ4n) is 4.78. The van der Waals surface area contributed by atoms with Crippen molar-refractivity contribution in [2.45, 2.75) is 23.0 Å². The molecule has 9 heteroatoms. The number of benzene rings is 2. The van der Waals surface area contributed by atoms with E-state index in [1.165, 1.54) is 22.7 Å². The summed E-state index contributed by atoms with van der Waals surface area (Å²) in [6.45, 7) is 3.17. The van der Waals surface area contributed by atoms with Crippen LogP contribution >= 0.6 is 11.8 Å². The Morgan fingerprint density at radius 3 is 2.21 bits per heavy atom. The number of halogens is 1. The van der Waals surface area contributed by atoms with Crippen LogP contribution in [0.5, 0.6) is 0 Å². The van der Waals surface area contributed by atoms with Crippen LogP contribution in [-0.2, 0) is 14.4 Å². The topological polar surface area (TPSA) is 64.2 Å². The van der Waals surface area contributed by atoms with Gasteiger partial charge in [0.1, 0.15) is 12.4 Å². The van der Waals surface area contributed by atoms with Crippen molar-refractivity contribution in [1.29, 1.82) is 0 Å². The minimum atomic E-state index is -0.862. The Hall–Kier alpha value is -3.07. The predicted octanol–water partition coefficient (Wildman–Crippen LogP) is 2.60. The maximum Gasteiger partial charge on any atom is 0.250 e. The SMILES string of the molecule is O=C(CN1C(=O)C(C(=O)N2CCCC2)Sc2ccccc21)N1CCN(c2ccccc2F)CC1. The van der Waals surface area contributed by atoms with Crippen LogP contribution in [0.15, 0.2) is 53.4 Å². The van der Waals surface area contributed by atoms with Gasteiger partial charge in [-0.25, -0.2) is 4.39 Å². The van der Waals surface area contributed by atoms with E-state index < -0.39 is 5.25 Å². The number of para-hydroxylation sites is 2. The van der Waals surface area contributed by atoms with Crippen LogP contribution < -0.4 is 9.80 Å². The van der Waals surface area contributed by atoms with E-state index in [0.29, 0.717) is 50.6 Å². The third-order valence-electron chi connectivity index (χ3n) is 6.65. The number of piperazine rings is 1. The van der Waals surface area contributed by atoms with Gasteiger partial charge in [0, 0.05) is 44.2 Å². The molecule has 0 aromatic heterocycles. The Morgan fingerprint density at radius 2 is 1.50 bits per heavy atom. The molecule has 0 bridgehead atoms. The summed E-state index contributed by atoms with van der Waals surface area (Å²) in [6.07, 6.45) is 1.91. The first kappa shape index (κ1) is 22.7. The molecule has 7 nitrogen and oxygen atoms in total. The molecular formula is C25H27FN4O3S. The van der Waals surface area contributed by atoms with E-state index in [-0.39, 0.29) is 30.1 Å². The van der Waals surface area contributed by atoms with Crippen molar-refractivity contribution in [2.24, 2.45) is 0 Å². The van der Waals surface area contributed by atoms with E-state index in [9.17, 15) is 18.8 Å². The molecule has 2 aromatic rings. The van der Waals surface area contributed by atoms with Gasteiger partial charge in [-0.2, -0.15) is 0 Å². The zero-order chi connectivity index (χ0) is 23.7. The van der Waals surface area contributed by atoms with E-state index in [1.807, 2.05) is 29.2 Å². The van der Waals surface area contributed by atoms with Gasteiger partial charge in [0.25, 0.3) is 5.91 Å². The lowest BCUT2D eigenvalue weighted by Gasteiger charge is -2.38. The largest absolute Gasteiger partial charge is 0.366 e. The van der Waals surface area contributed by atoms with Crippen molar-refractivity contribution in [1.82, 2.24) is 9.80 Å². The second kappa shape index (κ2) is 9.66. The number of amides is 3. The van der Waals surface area contributed by atoms with Gasteiger partial charge in [0.2, 0.25) is 11.8 Å². The summed E-state index contributed by atoms with van der Waals surface area (Å²) in [5, 5.41) is -0.862. The highest BCUT2D eigenvalue weighted by Gasteiger charge is 2.41. The van der Waals surface area contributed by atoms with Gasteiger partial charge in [-0.3, -0.25) is 14.4 Å². The monoisotopic (exact) mass is 482 g/mol. The fraction of sp³-hybridized carbons (Fsp3) is 0.400. The summed E-state index contributed by atoms with van der Waals surface area (Å²) < 4.78 is 14.1. The number of nitrogens with zero attached hydrogens (tertiary/aromatic N) is 4. The van der Waals surface area contributed by atoms with Crippen molar-refractivity contribution >= 4 is 40.9 Å². The van der Waals surface area contributed by atoms with E-state index in [0.717, 1.165) is 17.7 Å². The van der Waals surface area contributed by atoms with Crippen molar-refractivity contribution in [2.75, 3.05) is 55.6 Å². The number of anilines is 2. The highest BCUT2D eigenvalue weighted by atomic mass is 32.2. The zero-order valence-electron chi connectivity index (χ0n) is 18.9. The van der Waals surface area contributed by atoms with Crippen LogP contribution in [-0.4, -0.2) is 78.6 Å². The Morgan fingerprint density at radius 1 is 0.853 bits per heavy atom. The smallest absolute Gasteiger partial charge is 0.250 e. The molecule has 34 heavy (non-hydrogen) atoms. The van der Waals surface area contributed by atoms with Crippen molar-refractivity contribution in [3.63, 3.8) is 0 Å². The average molecular weight is 483 g/mol. The first-order valence-electron chi connectivity index (χ1n) is 11.7. The van der Waals surface area contributed by atoms with Crippen molar-refractivity contribution in [3.05, 3.63) is 54.3 Å². The normalized spacial score (nSPS) is 20.5. The van der Waals surface area contributed by atoms with Gasteiger partial charge >= 0.3 is 0 Å². The van der Waals surface area contributed by atoms with Gasteiger partial charge in [-0.1, -0.05) is 24.3 Å². The summed E-state index contributed by atoms with van der Waals surface area (Å²) in [4.78, 5) is 47.4. The van der Waals surface area contributed by atoms with Crippen molar-refractivity contribution in [3.8, 4) is 0 Å². The fourth-order valence-corrected chi connectivity index (χ4v) is 5.97. The van der Waals surface area contributed by atoms with Crippen LogP contribution in [0.4, 0.5) is 15.8 Å². The maximum absolute atomic E-state index is 14.1. The van der Waals surface area contributed by atoms with Crippen LogP contribution in [0.2, 0.25) is 0 Å². The molecule has 2 fully saturated rings. The van der Waals surface area contributed by atoms with Gasteiger partial charge in [-0.15, -0.1) is 11.8 Å². The third kappa shape index (κ3) is 4.36. The molecule has 0 radical (unpaired) electrons. The van der Waals surface area contributed by atoms with E-state index >= 15 is 0 Å². The lowest BCUT2D eigenvalue weighted by atomic mass is 10.2.